The minimum absolute atomic E-state index is 0.315. The van der Waals surface area contributed by atoms with Crippen LogP contribution >= 0.6 is 22.9 Å². The van der Waals surface area contributed by atoms with Gasteiger partial charge in [-0.15, -0.1) is 11.3 Å². The summed E-state index contributed by atoms with van der Waals surface area (Å²) in [5.74, 6) is -0.731. The highest BCUT2D eigenvalue weighted by molar-refractivity contribution is 7.17. The van der Waals surface area contributed by atoms with Crippen LogP contribution in [0.3, 0.4) is 0 Å². The summed E-state index contributed by atoms with van der Waals surface area (Å²) in [6, 6.07) is 7.71. The van der Waals surface area contributed by atoms with Gasteiger partial charge >= 0.3 is 5.97 Å². The molecule has 1 amide bonds. The zero-order valence-corrected chi connectivity index (χ0v) is 17.7. The summed E-state index contributed by atoms with van der Waals surface area (Å²) in [4.78, 5) is 28.3. The van der Waals surface area contributed by atoms with Crippen molar-refractivity contribution in [3.8, 4) is 0 Å². The fourth-order valence-electron chi connectivity index (χ4n) is 3.20. The molecule has 0 fully saturated rings. The SMILES string of the molecule is COC(=O)c1c(NC(=O)/C=C\c2ccccc2Cl)sc2c1CCN(C(C)C)C2. The lowest BCUT2D eigenvalue weighted by Gasteiger charge is -2.30. The maximum absolute atomic E-state index is 12.4. The fraction of sp³-hybridized carbons (Fsp3) is 0.333. The summed E-state index contributed by atoms with van der Waals surface area (Å²) < 4.78 is 4.97. The number of rotatable bonds is 5. The first-order chi connectivity index (χ1) is 13.4. The van der Waals surface area contributed by atoms with E-state index in [0.29, 0.717) is 21.6 Å². The molecule has 28 heavy (non-hydrogen) atoms. The Hall–Kier alpha value is -2.15. The summed E-state index contributed by atoms with van der Waals surface area (Å²) >= 11 is 7.56. The highest BCUT2D eigenvalue weighted by Crippen LogP contribution is 2.38. The van der Waals surface area contributed by atoms with Crippen molar-refractivity contribution in [2.45, 2.75) is 32.9 Å². The number of ether oxygens (including phenoxy) is 1. The predicted molar refractivity (Wildman–Crippen MR) is 114 cm³/mol. The summed E-state index contributed by atoms with van der Waals surface area (Å²) in [6.45, 7) is 5.96. The lowest BCUT2D eigenvalue weighted by atomic mass is 10.0. The average Bonchev–Trinajstić information content (AvgIpc) is 3.03. The Morgan fingerprint density at radius 2 is 2.07 bits per heavy atom. The highest BCUT2D eigenvalue weighted by atomic mass is 35.5. The van der Waals surface area contributed by atoms with Gasteiger partial charge in [0.25, 0.3) is 0 Å². The van der Waals surface area contributed by atoms with Crippen LogP contribution in [-0.2, 0) is 22.5 Å². The van der Waals surface area contributed by atoms with Gasteiger partial charge in [0.15, 0.2) is 0 Å². The molecule has 1 aromatic heterocycles. The standard InChI is InChI=1S/C21H23ClN2O3S/c1-13(2)24-11-10-15-17(12-24)28-20(19(15)21(26)27-3)23-18(25)9-8-14-6-4-5-7-16(14)22/h4-9,13H,10-12H2,1-3H3,(H,23,25)/b9-8-. The summed E-state index contributed by atoms with van der Waals surface area (Å²) in [5.41, 5.74) is 2.22. The molecule has 148 valence electrons. The van der Waals surface area contributed by atoms with Gasteiger partial charge in [0.05, 0.1) is 12.7 Å². The Balaban J connectivity index is 1.84. The van der Waals surface area contributed by atoms with Gasteiger partial charge in [0.1, 0.15) is 5.00 Å². The molecular formula is C21H23ClN2O3S. The lowest BCUT2D eigenvalue weighted by molar-refractivity contribution is -0.111. The first kappa shape index (κ1) is 20.6. The number of hydrogen-bond acceptors (Lipinski definition) is 5. The van der Waals surface area contributed by atoms with Crippen molar-refractivity contribution < 1.29 is 14.3 Å². The van der Waals surface area contributed by atoms with Crippen molar-refractivity contribution in [2.75, 3.05) is 19.0 Å². The average molecular weight is 419 g/mol. The van der Waals surface area contributed by atoms with Gasteiger partial charge in [-0.2, -0.15) is 0 Å². The van der Waals surface area contributed by atoms with E-state index >= 15 is 0 Å². The second-order valence-electron chi connectivity index (χ2n) is 6.86. The molecule has 2 aromatic rings. The van der Waals surface area contributed by atoms with Gasteiger partial charge in [-0.25, -0.2) is 4.79 Å². The minimum atomic E-state index is -0.416. The molecule has 1 N–H and O–H groups in total. The normalized spacial score (nSPS) is 14.3. The zero-order chi connectivity index (χ0) is 20.3. The molecule has 0 aliphatic carbocycles. The molecule has 0 atom stereocenters. The summed E-state index contributed by atoms with van der Waals surface area (Å²) in [5, 5.41) is 3.96. The number of benzene rings is 1. The van der Waals surface area contributed by atoms with E-state index in [0.717, 1.165) is 35.5 Å². The monoisotopic (exact) mass is 418 g/mol. The molecule has 1 aliphatic heterocycles. The highest BCUT2D eigenvalue weighted by Gasteiger charge is 2.29. The number of fused-ring (bicyclic) bond motifs is 1. The van der Waals surface area contributed by atoms with Crippen molar-refractivity contribution in [3.63, 3.8) is 0 Å². The Morgan fingerprint density at radius 3 is 2.75 bits per heavy atom. The molecule has 7 heteroatoms. The number of anilines is 1. The maximum atomic E-state index is 12.4. The van der Waals surface area contributed by atoms with E-state index in [4.69, 9.17) is 16.3 Å². The van der Waals surface area contributed by atoms with Crippen molar-refractivity contribution >= 4 is 45.9 Å². The summed E-state index contributed by atoms with van der Waals surface area (Å²) in [6.07, 6.45) is 3.84. The van der Waals surface area contributed by atoms with E-state index in [2.05, 4.69) is 24.1 Å². The van der Waals surface area contributed by atoms with Gasteiger partial charge in [-0.05, 0) is 43.5 Å². The quantitative estimate of drug-likeness (QED) is 0.569. The summed E-state index contributed by atoms with van der Waals surface area (Å²) in [7, 11) is 1.36. The number of nitrogens with one attached hydrogen (secondary N) is 1. The van der Waals surface area contributed by atoms with Crippen LogP contribution in [0.2, 0.25) is 5.02 Å². The van der Waals surface area contributed by atoms with Crippen molar-refractivity contribution in [1.82, 2.24) is 4.90 Å². The second-order valence-corrected chi connectivity index (χ2v) is 8.37. The third-order valence-electron chi connectivity index (χ3n) is 4.76. The van der Waals surface area contributed by atoms with E-state index in [9.17, 15) is 9.59 Å². The molecule has 1 aromatic carbocycles. The van der Waals surface area contributed by atoms with Crippen molar-refractivity contribution in [2.24, 2.45) is 0 Å². The van der Waals surface area contributed by atoms with E-state index in [1.807, 2.05) is 18.2 Å². The Morgan fingerprint density at radius 1 is 1.32 bits per heavy atom. The van der Waals surface area contributed by atoms with E-state index in [1.54, 1.807) is 12.1 Å². The molecule has 0 bridgehead atoms. The van der Waals surface area contributed by atoms with Crippen LogP contribution in [-0.4, -0.2) is 36.5 Å². The zero-order valence-electron chi connectivity index (χ0n) is 16.1. The van der Waals surface area contributed by atoms with Crippen LogP contribution in [0.4, 0.5) is 5.00 Å². The molecular weight excluding hydrogens is 396 g/mol. The van der Waals surface area contributed by atoms with Crippen LogP contribution in [0.15, 0.2) is 30.3 Å². The number of hydrogen-bond donors (Lipinski definition) is 1. The first-order valence-electron chi connectivity index (χ1n) is 9.11. The Bertz CT molecular complexity index is 920. The number of nitrogens with zero attached hydrogens (tertiary/aromatic N) is 1. The molecule has 0 spiro atoms. The number of thiophene rings is 1. The van der Waals surface area contributed by atoms with Gasteiger partial charge in [-0.3, -0.25) is 9.69 Å². The maximum Gasteiger partial charge on any atom is 0.341 e. The molecule has 1 aliphatic rings. The fourth-order valence-corrected chi connectivity index (χ4v) is 4.66. The molecule has 0 saturated carbocycles. The molecule has 0 radical (unpaired) electrons. The molecule has 0 saturated heterocycles. The van der Waals surface area contributed by atoms with Gasteiger partial charge in [0.2, 0.25) is 5.91 Å². The van der Waals surface area contributed by atoms with E-state index in [1.165, 1.54) is 24.5 Å². The van der Waals surface area contributed by atoms with Gasteiger partial charge in [-0.1, -0.05) is 29.8 Å². The Labute approximate surface area is 173 Å². The second kappa shape index (κ2) is 8.90. The number of esters is 1. The third kappa shape index (κ3) is 4.46. The lowest BCUT2D eigenvalue weighted by Crippen LogP contribution is -2.35. The van der Waals surface area contributed by atoms with E-state index in [-0.39, 0.29) is 5.91 Å². The topological polar surface area (TPSA) is 58.6 Å². The largest absolute Gasteiger partial charge is 0.465 e. The molecule has 5 nitrogen and oxygen atoms in total. The number of carbonyl (C=O) groups is 2. The first-order valence-corrected chi connectivity index (χ1v) is 10.3. The van der Waals surface area contributed by atoms with Crippen LogP contribution in [0.1, 0.15) is 40.2 Å². The molecule has 0 unspecified atom stereocenters. The van der Waals surface area contributed by atoms with Crippen LogP contribution < -0.4 is 5.32 Å². The van der Waals surface area contributed by atoms with Gasteiger partial charge < -0.3 is 10.1 Å². The van der Waals surface area contributed by atoms with Crippen LogP contribution in [0, 0.1) is 0 Å². The van der Waals surface area contributed by atoms with Crippen molar-refractivity contribution in [1.29, 1.82) is 0 Å². The number of carbonyl (C=O) groups excluding carboxylic acids is 2. The number of halogens is 1. The molecule has 3 rings (SSSR count). The van der Waals surface area contributed by atoms with Gasteiger partial charge in [0, 0.05) is 35.1 Å². The predicted octanol–water partition coefficient (Wildman–Crippen LogP) is 4.61. The number of amides is 1. The Kier molecular flexibility index (Phi) is 6.54. The van der Waals surface area contributed by atoms with E-state index < -0.39 is 5.97 Å². The van der Waals surface area contributed by atoms with Crippen LogP contribution in [0.5, 0.6) is 0 Å². The third-order valence-corrected chi connectivity index (χ3v) is 6.24. The number of methoxy groups -OCH3 is 1. The van der Waals surface area contributed by atoms with Crippen molar-refractivity contribution in [3.05, 3.63) is 56.9 Å². The minimum Gasteiger partial charge on any atom is -0.465 e. The molecule has 2 heterocycles. The van der Waals surface area contributed by atoms with Crippen LogP contribution in [0.25, 0.3) is 6.08 Å². The smallest absolute Gasteiger partial charge is 0.341 e.